The Morgan fingerprint density at radius 3 is 2.33 bits per heavy atom. The average Bonchev–Trinajstić information content (AvgIpc) is 3.88. The quantitative estimate of drug-likeness (QED) is 0.116. The summed E-state index contributed by atoms with van der Waals surface area (Å²) in [5.74, 6) is 1.07. The molecule has 226 valence electrons. The molecular formula is C35H44O7. The first-order valence-electron chi connectivity index (χ1n) is 15.0. The fraction of sp³-hybridized carbons (Fsp3) is 0.514. The monoisotopic (exact) mass is 576 g/mol. The predicted octanol–water partition coefficient (Wildman–Crippen LogP) is 7.04. The van der Waals surface area contributed by atoms with Gasteiger partial charge in [0, 0.05) is 13.2 Å². The zero-order valence-corrected chi connectivity index (χ0v) is 25.6. The second-order valence-electron chi connectivity index (χ2n) is 12.4. The Morgan fingerprint density at radius 2 is 1.74 bits per heavy atom. The smallest absolute Gasteiger partial charge is 0.331 e. The number of epoxide rings is 2. The lowest BCUT2D eigenvalue weighted by atomic mass is 9.68. The third-order valence-electron chi connectivity index (χ3n) is 8.54. The fourth-order valence-corrected chi connectivity index (χ4v) is 6.12. The van der Waals surface area contributed by atoms with Gasteiger partial charge >= 0.3 is 5.97 Å². The van der Waals surface area contributed by atoms with Gasteiger partial charge in [-0.2, -0.15) is 0 Å². The Balaban J connectivity index is 1.16. The summed E-state index contributed by atoms with van der Waals surface area (Å²) in [6.45, 7) is 11.7. The molecule has 7 heteroatoms. The Hall–Kier alpha value is -2.97. The summed E-state index contributed by atoms with van der Waals surface area (Å²) < 4.78 is 35.8. The Morgan fingerprint density at radius 1 is 1.07 bits per heavy atom. The molecule has 3 aliphatic rings. The molecule has 1 saturated carbocycles. The third kappa shape index (κ3) is 7.14. The van der Waals surface area contributed by atoms with E-state index in [-0.39, 0.29) is 41.5 Å². The lowest BCUT2D eigenvalue weighted by Gasteiger charge is -2.42. The minimum absolute atomic E-state index is 0.00166. The van der Waals surface area contributed by atoms with Crippen molar-refractivity contribution < 1.29 is 33.2 Å². The first-order valence-corrected chi connectivity index (χ1v) is 15.0. The Kier molecular flexibility index (Phi) is 9.23. The molecule has 2 aromatic carbocycles. The number of rotatable bonds is 12. The van der Waals surface area contributed by atoms with Crippen molar-refractivity contribution in [3.8, 4) is 11.5 Å². The Bertz CT molecular complexity index is 1270. The van der Waals surface area contributed by atoms with E-state index in [1.54, 1.807) is 13.2 Å². The lowest BCUT2D eigenvalue weighted by molar-refractivity contribution is -0.166. The van der Waals surface area contributed by atoms with Crippen LogP contribution in [0.25, 0.3) is 6.08 Å². The number of carbonyl (C=O) groups is 1. The van der Waals surface area contributed by atoms with E-state index in [1.807, 2.05) is 62.4 Å². The molecular weight excluding hydrogens is 532 g/mol. The van der Waals surface area contributed by atoms with E-state index in [4.69, 9.17) is 28.4 Å². The predicted molar refractivity (Wildman–Crippen MR) is 161 cm³/mol. The van der Waals surface area contributed by atoms with Crippen molar-refractivity contribution in [3.05, 3.63) is 77.4 Å². The van der Waals surface area contributed by atoms with Gasteiger partial charge in [0.05, 0.1) is 31.3 Å². The number of methoxy groups -OCH3 is 1. The van der Waals surface area contributed by atoms with Crippen LogP contribution in [0.4, 0.5) is 0 Å². The van der Waals surface area contributed by atoms with E-state index < -0.39 is 5.97 Å². The standard InChI is InChI=1S/C35H44O7/c1-23(2)7-17-30-34(5,42-30)33-32(37-6)29(19-20-35(33)22-39-35)41-31(36)18-12-25-8-13-27(14-9-25)40-28-15-10-26(11-16-28)21-38-24(3)4/h7-16,18,24,29-30,32-33H,17,19-22H2,1-6H3/b18-12+/t29?,30-,32+,33+,34?,35-/m0/s1. The van der Waals surface area contributed by atoms with Gasteiger partial charge in [0.2, 0.25) is 0 Å². The Labute approximate surface area is 249 Å². The molecule has 2 saturated heterocycles. The fourth-order valence-electron chi connectivity index (χ4n) is 6.12. The highest BCUT2D eigenvalue weighted by atomic mass is 16.6. The average molecular weight is 577 g/mol. The van der Waals surface area contributed by atoms with E-state index in [1.165, 1.54) is 11.6 Å². The van der Waals surface area contributed by atoms with Crippen LogP contribution in [0.2, 0.25) is 0 Å². The highest BCUT2D eigenvalue weighted by molar-refractivity contribution is 5.87. The van der Waals surface area contributed by atoms with Crippen molar-refractivity contribution in [2.75, 3.05) is 13.7 Å². The molecule has 1 spiro atoms. The number of esters is 1. The molecule has 0 amide bonds. The summed E-state index contributed by atoms with van der Waals surface area (Å²) in [4.78, 5) is 12.9. The van der Waals surface area contributed by atoms with Crippen molar-refractivity contribution in [3.63, 3.8) is 0 Å². The first kappa shape index (κ1) is 30.5. The number of hydrogen-bond donors (Lipinski definition) is 0. The first-order chi connectivity index (χ1) is 20.1. The van der Waals surface area contributed by atoms with E-state index in [0.29, 0.717) is 25.4 Å². The summed E-state index contributed by atoms with van der Waals surface area (Å²) in [5, 5.41) is 0. The molecule has 6 atom stereocenters. The number of ether oxygens (including phenoxy) is 6. The molecule has 2 aliphatic heterocycles. The molecule has 2 unspecified atom stereocenters. The number of allylic oxidation sites excluding steroid dienone is 1. The topological polar surface area (TPSA) is 79.1 Å². The van der Waals surface area contributed by atoms with Crippen LogP contribution < -0.4 is 4.74 Å². The molecule has 7 nitrogen and oxygen atoms in total. The summed E-state index contributed by atoms with van der Waals surface area (Å²) in [5.41, 5.74) is 2.63. The van der Waals surface area contributed by atoms with Gasteiger partial charge in [-0.3, -0.25) is 0 Å². The van der Waals surface area contributed by atoms with E-state index in [9.17, 15) is 4.79 Å². The van der Waals surface area contributed by atoms with Crippen LogP contribution in [0, 0.1) is 5.92 Å². The van der Waals surface area contributed by atoms with Crippen LogP contribution in [0.1, 0.15) is 65.0 Å². The van der Waals surface area contributed by atoms with Crippen LogP contribution in [-0.4, -0.2) is 55.3 Å². The van der Waals surface area contributed by atoms with Crippen LogP contribution in [0.15, 0.2) is 66.3 Å². The molecule has 0 radical (unpaired) electrons. The second-order valence-corrected chi connectivity index (χ2v) is 12.4. The van der Waals surface area contributed by atoms with Crippen molar-refractivity contribution in [2.45, 2.75) is 96.1 Å². The molecule has 2 heterocycles. The largest absolute Gasteiger partial charge is 0.457 e. The molecule has 0 N–H and O–H groups in total. The third-order valence-corrected chi connectivity index (χ3v) is 8.54. The number of hydrogen-bond acceptors (Lipinski definition) is 7. The molecule has 2 aromatic rings. The molecule has 42 heavy (non-hydrogen) atoms. The van der Waals surface area contributed by atoms with Crippen molar-refractivity contribution in [1.82, 2.24) is 0 Å². The molecule has 3 fully saturated rings. The second kappa shape index (κ2) is 12.7. The number of benzene rings is 2. The zero-order chi connectivity index (χ0) is 29.9. The number of carbonyl (C=O) groups excluding carboxylic acids is 1. The van der Waals surface area contributed by atoms with E-state index in [2.05, 4.69) is 26.8 Å². The van der Waals surface area contributed by atoms with Crippen molar-refractivity contribution >= 4 is 12.0 Å². The zero-order valence-electron chi connectivity index (χ0n) is 25.6. The summed E-state index contributed by atoms with van der Waals surface area (Å²) in [6.07, 6.45) is 7.46. The molecule has 0 bridgehead atoms. The highest BCUT2D eigenvalue weighted by Crippen LogP contribution is 2.59. The van der Waals surface area contributed by atoms with Gasteiger partial charge in [-0.15, -0.1) is 0 Å². The lowest BCUT2D eigenvalue weighted by Crippen LogP contribution is -2.55. The van der Waals surface area contributed by atoms with Gasteiger partial charge in [-0.25, -0.2) is 4.79 Å². The summed E-state index contributed by atoms with van der Waals surface area (Å²) in [7, 11) is 1.69. The van der Waals surface area contributed by atoms with Crippen LogP contribution in [-0.2, 0) is 35.1 Å². The van der Waals surface area contributed by atoms with E-state index in [0.717, 1.165) is 29.7 Å². The molecule has 5 rings (SSSR count). The maximum absolute atomic E-state index is 12.9. The highest BCUT2D eigenvalue weighted by Gasteiger charge is 2.72. The minimum Gasteiger partial charge on any atom is -0.457 e. The van der Waals surface area contributed by atoms with Crippen LogP contribution in [0.5, 0.6) is 11.5 Å². The van der Waals surface area contributed by atoms with E-state index >= 15 is 0 Å². The van der Waals surface area contributed by atoms with Gasteiger partial charge in [0.1, 0.15) is 34.9 Å². The summed E-state index contributed by atoms with van der Waals surface area (Å²) >= 11 is 0. The van der Waals surface area contributed by atoms with Crippen molar-refractivity contribution in [1.29, 1.82) is 0 Å². The van der Waals surface area contributed by atoms with Gasteiger partial charge in [0.25, 0.3) is 0 Å². The van der Waals surface area contributed by atoms with Gasteiger partial charge in [-0.1, -0.05) is 35.9 Å². The maximum Gasteiger partial charge on any atom is 0.331 e. The van der Waals surface area contributed by atoms with Crippen LogP contribution >= 0.6 is 0 Å². The van der Waals surface area contributed by atoms with Crippen molar-refractivity contribution in [2.24, 2.45) is 5.92 Å². The van der Waals surface area contributed by atoms with Gasteiger partial charge < -0.3 is 28.4 Å². The van der Waals surface area contributed by atoms with Gasteiger partial charge in [0.15, 0.2) is 0 Å². The molecule has 1 aliphatic carbocycles. The minimum atomic E-state index is -0.390. The SMILES string of the molecule is CO[C@@H]1C(OC(=O)/C=C/c2ccc(Oc3ccc(COC(C)C)cc3)cc2)CC[C@]2(CO2)[C@H]1C1(C)O[C@H]1CC=C(C)C. The maximum atomic E-state index is 12.9. The normalized spacial score (nSPS) is 30.0. The summed E-state index contributed by atoms with van der Waals surface area (Å²) in [6, 6.07) is 15.4. The van der Waals surface area contributed by atoms with Crippen LogP contribution in [0.3, 0.4) is 0 Å². The molecule has 0 aromatic heterocycles. The van der Waals surface area contributed by atoms with Gasteiger partial charge in [-0.05, 0) is 95.3 Å².